The van der Waals surface area contributed by atoms with Gasteiger partial charge in [0, 0.05) is 7.05 Å². The van der Waals surface area contributed by atoms with E-state index in [0.29, 0.717) is 0 Å². The fourth-order valence-corrected chi connectivity index (χ4v) is 2.17. The molecule has 1 N–H and O–H groups in total. The molecule has 0 aliphatic heterocycles. The molecule has 0 spiro atoms. The molecule has 0 saturated carbocycles. The summed E-state index contributed by atoms with van der Waals surface area (Å²) in [7, 11) is 1.89. The Bertz CT molecular complexity index is 743. The van der Waals surface area contributed by atoms with E-state index < -0.39 is 0 Å². The summed E-state index contributed by atoms with van der Waals surface area (Å²) in [5.74, 6) is 0. The van der Waals surface area contributed by atoms with Crippen LogP contribution in [0.15, 0.2) is 36.9 Å². The first-order valence-electron chi connectivity index (χ1n) is 6.26. The van der Waals surface area contributed by atoms with Gasteiger partial charge in [-0.2, -0.15) is 0 Å². The summed E-state index contributed by atoms with van der Waals surface area (Å²) >= 11 is 0. The van der Waals surface area contributed by atoms with Gasteiger partial charge in [0.1, 0.15) is 6.33 Å². The van der Waals surface area contributed by atoms with Crippen molar-refractivity contribution < 1.29 is 0 Å². The van der Waals surface area contributed by atoms with Gasteiger partial charge in [-0.1, -0.05) is 0 Å². The van der Waals surface area contributed by atoms with Crippen LogP contribution in [0.2, 0.25) is 0 Å². The van der Waals surface area contributed by atoms with Gasteiger partial charge in [-0.05, 0) is 43.2 Å². The van der Waals surface area contributed by atoms with E-state index in [1.165, 1.54) is 11.1 Å². The van der Waals surface area contributed by atoms with Crippen molar-refractivity contribution in [1.29, 1.82) is 0 Å². The molecular formula is C15H16N4. The number of anilines is 1. The lowest BCUT2D eigenvalue weighted by molar-refractivity contribution is 1.07. The molecule has 19 heavy (non-hydrogen) atoms. The molecule has 0 amide bonds. The van der Waals surface area contributed by atoms with Crippen LogP contribution in [0, 0.1) is 13.8 Å². The number of pyridine rings is 1. The van der Waals surface area contributed by atoms with Crippen molar-refractivity contribution in [2.75, 3.05) is 12.4 Å². The topological polar surface area (TPSA) is 42.7 Å². The maximum Gasteiger partial charge on any atom is 0.100 e. The second-order valence-corrected chi connectivity index (χ2v) is 4.72. The SMILES string of the molecule is CNc1cncc(-n2cnc3cc(C)c(C)cc32)c1. The van der Waals surface area contributed by atoms with Crippen LogP contribution in [0.5, 0.6) is 0 Å². The van der Waals surface area contributed by atoms with Crippen LogP contribution in [0.3, 0.4) is 0 Å². The Morgan fingerprint density at radius 1 is 1.05 bits per heavy atom. The average Bonchev–Trinajstić information content (AvgIpc) is 2.82. The summed E-state index contributed by atoms with van der Waals surface area (Å²) in [6.07, 6.45) is 5.50. The second kappa shape index (κ2) is 4.39. The number of hydrogen-bond donors (Lipinski definition) is 1. The fourth-order valence-electron chi connectivity index (χ4n) is 2.17. The first-order valence-corrected chi connectivity index (χ1v) is 6.26. The van der Waals surface area contributed by atoms with Gasteiger partial charge in [-0.3, -0.25) is 9.55 Å². The van der Waals surface area contributed by atoms with Crippen LogP contribution >= 0.6 is 0 Å². The fraction of sp³-hybridized carbons (Fsp3) is 0.200. The standard InChI is InChI=1S/C15H16N4/c1-10-4-14-15(5-11(10)2)19(9-18-14)13-6-12(16-3)7-17-8-13/h4-9,16H,1-3H3. The minimum atomic E-state index is 0.989. The molecule has 0 aliphatic carbocycles. The number of aromatic nitrogens is 3. The highest BCUT2D eigenvalue weighted by molar-refractivity contribution is 5.79. The van der Waals surface area contributed by atoms with E-state index in [1.54, 1.807) is 6.20 Å². The van der Waals surface area contributed by atoms with Crippen molar-refractivity contribution in [3.63, 3.8) is 0 Å². The van der Waals surface area contributed by atoms with Crippen molar-refractivity contribution in [2.24, 2.45) is 0 Å². The minimum Gasteiger partial charge on any atom is -0.387 e. The third-order valence-corrected chi connectivity index (χ3v) is 3.45. The number of nitrogens with one attached hydrogen (secondary N) is 1. The summed E-state index contributed by atoms with van der Waals surface area (Å²) in [5.41, 5.74) is 6.66. The Hall–Kier alpha value is -2.36. The van der Waals surface area contributed by atoms with Crippen molar-refractivity contribution in [3.05, 3.63) is 48.0 Å². The summed E-state index contributed by atoms with van der Waals surface area (Å²) in [4.78, 5) is 8.71. The van der Waals surface area contributed by atoms with Gasteiger partial charge in [0.15, 0.2) is 0 Å². The predicted octanol–water partition coefficient (Wildman–Crippen LogP) is 3.08. The van der Waals surface area contributed by atoms with Crippen molar-refractivity contribution in [2.45, 2.75) is 13.8 Å². The van der Waals surface area contributed by atoms with Crippen molar-refractivity contribution in [1.82, 2.24) is 14.5 Å². The van der Waals surface area contributed by atoms with Crippen molar-refractivity contribution in [3.8, 4) is 5.69 Å². The van der Waals surface area contributed by atoms with Gasteiger partial charge in [0.05, 0.1) is 34.8 Å². The Balaban J connectivity index is 2.22. The predicted molar refractivity (Wildman–Crippen MR) is 77.9 cm³/mol. The van der Waals surface area contributed by atoms with Gasteiger partial charge in [-0.25, -0.2) is 4.98 Å². The molecule has 0 radical (unpaired) electrons. The summed E-state index contributed by atoms with van der Waals surface area (Å²) < 4.78 is 2.07. The number of fused-ring (bicyclic) bond motifs is 1. The molecular weight excluding hydrogens is 236 g/mol. The van der Waals surface area contributed by atoms with Crippen LogP contribution in [0.4, 0.5) is 5.69 Å². The van der Waals surface area contributed by atoms with Gasteiger partial charge in [0.25, 0.3) is 0 Å². The number of aryl methyl sites for hydroxylation is 2. The summed E-state index contributed by atoms with van der Waals surface area (Å²) in [5, 5.41) is 3.10. The highest BCUT2D eigenvalue weighted by Crippen LogP contribution is 2.22. The zero-order valence-electron chi connectivity index (χ0n) is 11.3. The Morgan fingerprint density at radius 3 is 2.63 bits per heavy atom. The number of benzene rings is 1. The molecule has 1 aromatic carbocycles. The molecule has 2 heterocycles. The number of hydrogen-bond acceptors (Lipinski definition) is 3. The third kappa shape index (κ3) is 1.95. The van der Waals surface area contributed by atoms with E-state index >= 15 is 0 Å². The van der Waals surface area contributed by atoms with Crippen LogP contribution in [-0.4, -0.2) is 21.6 Å². The summed E-state index contributed by atoms with van der Waals surface area (Å²) in [6.45, 7) is 4.23. The average molecular weight is 252 g/mol. The van der Waals surface area contributed by atoms with Crippen LogP contribution in [-0.2, 0) is 0 Å². The van der Waals surface area contributed by atoms with Crippen molar-refractivity contribution >= 4 is 16.7 Å². The lowest BCUT2D eigenvalue weighted by atomic mass is 10.1. The van der Waals surface area contributed by atoms with E-state index in [0.717, 1.165) is 22.4 Å². The maximum atomic E-state index is 4.47. The number of rotatable bonds is 2. The molecule has 4 nitrogen and oxygen atoms in total. The quantitative estimate of drug-likeness (QED) is 0.762. The lowest BCUT2D eigenvalue weighted by Crippen LogP contribution is -1.96. The van der Waals surface area contributed by atoms with Crippen LogP contribution in [0.25, 0.3) is 16.7 Å². The van der Waals surface area contributed by atoms with E-state index in [4.69, 9.17) is 0 Å². The Morgan fingerprint density at radius 2 is 1.84 bits per heavy atom. The smallest absolute Gasteiger partial charge is 0.100 e. The third-order valence-electron chi connectivity index (χ3n) is 3.45. The molecule has 0 saturated heterocycles. The molecule has 0 bridgehead atoms. The van der Waals surface area contributed by atoms with E-state index in [9.17, 15) is 0 Å². The zero-order chi connectivity index (χ0) is 13.4. The minimum absolute atomic E-state index is 0.989. The van der Waals surface area contributed by atoms with E-state index in [1.807, 2.05) is 19.6 Å². The molecule has 2 aromatic heterocycles. The summed E-state index contributed by atoms with van der Waals surface area (Å²) in [6, 6.07) is 6.35. The van der Waals surface area contributed by atoms with Crippen LogP contribution < -0.4 is 5.32 Å². The molecule has 4 heteroatoms. The van der Waals surface area contributed by atoms with E-state index in [-0.39, 0.29) is 0 Å². The lowest BCUT2D eigenvalue weighted by Gasteiger charge is -2.07. The maximum absolute atomic E-state index is 4.47. The molecule has 3 rings (SSSR count). The van der Waals surface area contributed by atoms with Gasteiger partial charge < -0.3 is 5.32 Å². The molecule has 0 fully saturated rings. The largest absolute Gasteiger partial charge is 0.387 e. The van der Waals surface area contributed by atoms with Gasteiger partial charge in [-0.15, -0.1) is 0 Å². The first kappa shape index (κ1) is 11.7. The highest BCUT2D eigenvalue weighted by atomic mass is 15.1. The first-order chi connectivity index (χ1) is 9.19. The molecule has 0 atom stereocenters. The zero-order valence-corrected chi connectivity index (χ0v) is 11.3. The van der Waals surface area contributed by atoms with Gasteiger partial charge >= 0.3 is 0 Å². The highest BCUT2D eigenvalue weighted by Gasteiger charge is 2.07. The number of nitrogens with zero attached hydrogens (tertiary/aromatic N) is 3. The molecule has 3 aromatic rings. The monoisotopic (exact) mass is 252 g/mol. The van der Waals surface area contributed by atoms with Gasteiger partial charge in [0.2, 0.25) is 0 Å². The van der Waals surface area contributed by atoms with Crippen LogP contribution in [0.1, 0.15) is 11.1 Å². The Labute approximate surface area is 112 Å². The molecule has 96 valence electrons. The number of imidazole rings is 1. The molecule has 0 aliphatic rings. The normalized spacial score (nSPS) is 10.9. The second-order valence-electron chi connectivity index (χ2n) is 4.72. The Kier molecular flexibility index (Phi) is 2.71. The molecule has 0 unspecified atom stereocenters. The van der Waals surface area contributed by atoms with E-state index in [2.05, 4.69) is 51.9 Å².